The van der Waals surface area contributed by atoms with Gasteiger partial charge in [-0.2, -0.15) is 0 Å². The lowest BCUT2D eigenvalue weighted by Crippen LogP contribution is -1.99. The van der Waals surface area contributed by atoms with Crippen LogP contribution in [0.15, 0.2) is 28.7 Å². The third-order valence-corrected chi connectivity index (χ3v) is 2.04. The number of rotatable bonds is 1. The van der Waals surface area contributed by atoms with Crippen LogP contribution < -0.4 is 0 Å². The van der Waals surface area contributed by atoms with Crippen LogP contribution in [0.4, 0.5) is 4.39 Å². The molecule has 0 fully saturated rings. The smallest absolute Gasteiger partial charge is 0.384 e. The third kappa shape index (κ3) is 2.64. The maximum atomic E-state index is 12.9. The van der Waals surface area contributed by atoms with Crippen LogP contribution in [-0.4, -0.2) is 12.6 Å². The lowest BCUT2D eigenvalue weighted by molar-refractivity contribution is -0.136. The molecule has 0 unspecified atom stereocenters. The molecule has 0 aliphatic heterocycles. The molecular formula is C13H9FO3. The first-order valence-corrected chi connectivity index (χ1v) is 5.07. The van der Waals surface area contributed by atoms with Crippen LogP contribution >= 0.6 is 0 Å². The van der Waals surface area contributed by atoms with E-state index in [0.717, 1.165) is 0 Å². The van der Waals surface area contributed by atoms with E-state index in [9.17, 15) is 9.18 Å². The average molecular weight is 232 g/mol. The second-order valence-electron chi connectivity index (χ2n) is 3.26. The number of hydrogen-bond donors (Lipinski definition) is 0. The first kappa shape index (κ1) is 11.2. The second kappa shape index (κ2) is 4.71. The first-order chi connectivity index (χ1) is 8.19. The van der Waals surface area contributed by atoms with Crippen LogP contribution in [-0.2, 0) is 9.53 Å². The van der Waals surface area contributed by atoms with Crippen molar-refractivity contribution in [1.82, 2.24) is 0 Å². The van der Waals surface area contributed by atoms with Crippen LogP contribution in [0.1, 0.15) is 12.7 Å². The van der Waals surface area contributed by atoms with Gasteiger partial charge in [0.15, 0.2) is 5.76 Å². The molecule has 3 nitrogen and oxygen atoms in total. The van der Waals surface area contributed by atoms with E-state index in [-0.39, 0.29) is 12.4 Å². The van der Waals surface area contributed by atoms with Gasteiger partial charge in [-0.1, -0.05) is 0 Å². The highest BCUT2D eigenvalue weighted by atomic mass is 19.1. The number of esters is 1. The van der Waals surface area contributed by atoms with Crippen molar-refractivity contribution in [2.24, 2.45) is 0 Å². The number of benzene rings is 1. The molecule has 86 valence electrons. The zero-order valence-corrected chi connectivity index (χ0v) is 9.12. The highest BCUT2D eigenvalue weighted by Gasteiger charge is 2.03. The molecule has 0 bridgehead atoms. The Kier molecular flexibility index (Phi) is 3.10. The molecule has 1 aromatic carbocycles. The zero-order valence-electron chi connectivity index (χ0n) is 9.12. The van der Waals surface area contributed by atoms with E-state index in [2.05, 4.69) is 16.6 Å². The van der Waals surface area contributed by atoms with Gasteiger partial charge < -0.3 is 9.15 Å². The van der Waals surface area contributed by atoms with Crippen LogP contribution in [0.3, 0.4) is 0 Å². The molecule has 1 aromatic heterocycles. The van der Waals surface area contributed by atoms with Crippen molar-refractivity contribution in [2.75, 3.05) is 6.61 Å². The molecule has 0 saturated heterocycles. The zero-order chi connectivity index (χ0) is 12.3. The van der Waals surface area contributed by atoms with Crippen molar-refractivity contribution in [3.05, 3.63) is 35.8 Å². The highest BCUT2D eigenvalue weighted by Crippen LogP contribution is 2.19. The third-order valence-electron chi connectivity index (χ3n) is 2.04. The van der Waals surface area contributed by atoms with Crippen LogP contribution in [0.25, 0.3) is 11.0 Å². The fourth-order valence-electron chi connectivity index (χ4n) is 1.36. The predicted molar refractivity (Wildman–Crippen MR) is 59.7 cm³/mol. The maximum Gasteiger partial charge on any atom is 0.384 e. The molecule has 0 saturated carbocycles. The van der Waals surface area contributed by atoms with Gasteiger partial charge in [0, 0.05) is 17.4 Å². The standard InChI is InChI=1S/C13H9FO3/c1-2-16-13(15)6-4-11-8-9-7-10(14)3-5-12(9)17-11/h3,5,7-8H,2H2,1H3. The van der Waals surface area contributed by atoms with Gasteiger partial charge in [-0.3, -0.25) is 0 Å². The fourth-order valence-corrected chi connectivity index (χ4v) is 1.36. The predicted octanol–water partition coefficient (Wildman–Crippen LogP) is 2.49. The molecule has 0 radical (unpaired) electrons. The Labute approximate surface area is 97.2 Å². The Morgan fingerprint density at radius 2 is 2.29 bits per heavy atom. The first-order valence-electron chi connectivity index (χ1n) is 5.07. The number of halogens is 1. The molecule has 2 aromatic rings. The van der Waals surface area contributed by atoms with Gasteiger partial charge in [0.05, 0.1) is 6.61 Å². The van der Waals surface area contributed by atoms with Gasteiger partial charge in [0.1, 0.15) is 11.4 Å². The summed E-state index contributed by atoms with van der Waals surface area (Å²) < 4.78 is 22.9. The molecule has 0 aliphatic carbocycles. The Balaban J connectivity index is 2.28. The molecule has 0 spiro atoms. The minimum atomic E-state index is -0.612. The number of hydrogen-bond acceptors (Lipinski definition) is 3. The maximum absolute atomic E-state index is 12.9. The Morgan fingerprint density at radius 3 is 3.06 bits per heavy atom. The van der Waals surface area contributed by atoms with E-state index in [1.165, 1.54) is 18.2 Å². The topological polar surface area (TPSA) is 39.4 Å². The summed E-state index contributed by atoms with van der Waals surface area (Å²) in [6, 6.07) is 5.73. The molecule has 0 N–H and O–H groups in total. The Morgan fingerprint density at radius 1 is 1.47 bits per heavy atom. The normalized spacial score (nSPS) is 9.76. The van der Waals surface area contributed by atoms with Gasteiger partial charge >= 0.3 is 5.97 Å². The quantitative estimate of drug-likeness (QED) is 0.560. The molecule has 0 atom stereocenters. The molecule has 1 heterocycles. The lowest BCUT2D eigenvalue weighted by atomic mass is 10.2. The summed E-state index contributed by atoms with van der Waals surface area (Å²) in [7, 11) is 0. The van der Waals surface area contributed by atoms with Gasteiger partial charge in [0.2, 0.25) is 0 Å². The highest BCUT2D eigenvalue weighted by molar-refractivity contribution is 5.89. The summed E-state index contributed by atoms with van der Waals surface area (Å²) in [6.45, 7) is 1.97. The number of fused-ring (bicyclic) bond motifs is 1. The van der Waals surface area contributed by atoms with E-state index in [0.29, 0.717) is 16.7 Å². The van der Waals surface area contributed by atoms with E-state index in [4.69, 9.17) is 4.42 Å². The number of furan rings is 1. The second-order valence-corrected chi connectivity index (χ2v) is 3.26. The van der Waals surface area contributed by atoms with Gasteiger partial charge in [-0.05, 0) is 31.0 Å². The van der Waals surface area contributed by atoms with Crippen molar-refractivity contribution < 1.29 is 18.3 Å². The largest absolute Gasteiger partial charge is 0.456 e. The summed E-state index contributed by atoms with van der Waals surface area (Å²) in [6.07, 6.45) is 0. The summed E-state index contributed by atoms with van der Waals surface area (Å²) in [5.41, 5.74) is 0.527. The van der Waals surface area contributed by atoms with Gasteiger partial charge in [0.25, 0.3) is 0 Å². The summed E-state index contributed by atoms with van der Waals surface area (Å²) in [5.74, 6) is 4.15. The Bertz CT molecular complexity index is 616. The monoisotopic (exact) mass is 232 g/mol. The van der Waals surface area contributed by atoms with Crippen molar-refractivity contribution in [3.63, 3.8) is 0 Å². The van der Waals surface area contributed by atoms with E-state index in [1.807, 2.05) is 0 Å². The van der Waals surface area contributed by atoms with Crippen molar-refractivity contribution in [3.8, 4) is 11.8 Å². The van der Waals surface area contributed by atoms with Crippen molar-refractivity contribution >= 4 is 16.9 Å². The van der Waals surface area contributed by atoms with E-state index in [1.54, 1.807) is 13.0 Å². The van der Waals surface area contributed by atoms with Gasteiger partial charge in [-0.25, -0.2) is 9.18 Å². The molecule has 0 aliphatic rings. The van der Waals surface area contributed by atoms with E-state index >= 15 is 0 Å². The van der Waals surface area contributed by atoms with Crippen LogP contribution in [0.2, 0.25) is 0 Å². The molecule has 17 heavy (non-hydrogen) atoms. The number of carbonyl (C=O) groups excluding carboxylic acids is 1. The minimum absolute atomic E-state index is 0.277. The van der Waals surface area contributed by atoms with Crippen LogP contribution in [0.5, 0.6) is 0 Å². The minimum Gasteiger partial charge on any atom is -0.456 e. The fraction of sp³-hybridized carbons (Fsp3) is 0.154. The molecule has 2 rings (SSSR count). The Hall–Kier alpha value is -2.28. The van der Waals surface area contributed by atoms with Crippen molar-refractivity contribution in [2.45, 2.75) is 6.92 Å². The SMILES string of the molecule is CCOC(=O)C#Cc1cc2cc(F)ccc2o1. The summed E-state index contributed by atoms with van der Waals surface area (Å²) >= 11 is 0. The summed E-state index contributed by atoms with van der Waals surface area (Å²) in [4.78, 5) is 11.0. The van der Waals surface area contributed by atoms with Crippen LogP contribution in [0, 0.1) is 17.7 Å². The number of carbonyl (C=O) groups is 1. The molecule has 0 amide bonds. The number of ether oxygens (including phenoxy) is 1. The summed E-state index contributed by atoms with van der Waals surface area (Å²) in [5, 5.41) is 0.609. The van der Waals surface area contributed by atoms with Crippen molar-refractivity contribution in [1.29, 1.82) is 0 Å². The molecule has 4 heteroatoms. The molecular weight excluding hydrogens is 223 g/mol. The lowest BCUT2D eigenvalue weighted by Gasteiger charge is -1.89. The van der Waals surface area contributed by atoms with Gasteiger partial charge in [-0.15, -0.1) is 0 Å². The average Bonchev–Trinajstić information content (AvgIpc) is 2.68. The van der Waals surface area contributed by atoms with E-state index < -0.39 is 5.97 Å².